The molecule has 3 unspecified atom stereocenters. The molecule has 1 fully saturated rings. The first kappa shape index (κ1) is 8.95. The Bertz CT molecular complexity index is 540. The largest absolute Gasteiger partial charge is 0.331 e. The molecule has 0 amide bonds. The summed E-state index contributed by atoms with van der Waals surface area (Å²) >= 11 is 0. The molecule has 1 aliphatic heterocycles. The predicted octanol–water partition coefficient (Wildman–Crippen LogP) is 0.708. The SMILES string of the molecule is CC1CC1c1cn2c(=O)n(c1=O)C(C)C2. The second-order valence-corrected chi connectivity index (χ2v) is 4.86. The van der Waals surface area contributed by atoms with E-state index in [1.54, 1.807) is 10.8 Å². The van der Waals surface area contributed by atoms with E-state index in [4.69, 9.17) is 0 Å². The molecule has 1 saturated carbocycles. The van der Waals surface area contributed by atoms with Crippen LogP contribution in [-0.4, -0.2) is 9.13 Å². The Labute approximate surface area is 87.2 Å². The van der Waals surface area contributed by atoms with Gasteiger partial charge in [0.25, 0.3) is 5.56 Å². The molecule has 0 aromatic carbocycles. The summed E-state index contributed by atoms with van der Waals surface area (Å²) in [7, 11) is 0. The van der Waals surface area contributed by atoms with Crippen molar-refractivity contribution < 1.29 is 0 Å². The van der Waals surface area contributed by atoms with Gasteiger partial charge in [0.1, 0.15) is 0 Å². The van der Waals surface area contributed by atoms with E-state index in [0.717, 1.165) is 12.0 Å². The number of rotatable bonds is 1. The summed E-state index contributed by atoms with van der Waals surface area (Å²) in [6.07, 6.45) is 2.86. The van der Waals surface area contributed by atoms with Crippen molar-refractivity contribution in [2.24, 2.45) is 5.92 Å². The molecular formula is C11H14N2O2. The average molecular weight is 206 g/mol. The molecule has 3 rings (SSSR count). The Hall–Kier alpha value is -1.32. The van der Waals surface area contributed by atoms with E-state index in [-0.39, 0.29) is 17.3 Å². The lowest BCUT2D eigenvalue weighted by Crippen LogP contribution is -2.34. The molecule has 0 N–H and O–H groups in total. The van der Waals surface area contributed by atoms with Crippen LogP contribution < -0.4 is 11.2 Å². The monoisotopic (exact) mass is 206 g/mol. The maximum absolute atomic E-state index is 12.0. The van der Waals surface area contributed by atoms with Gasteiger partial charge < -0.3 is 0 Å². The van der Waals surface area contributed by atoms with Crippen LogP contribution in [-0.2, 0) is 6.54 Å². The molecule has 1 aromatic heterocycles. The van der Waals surface area contributed by atoms with Crippen molar-refractivity contribution in [3.05, 3.63) is 32.6 Å². The van der Waals surface area contributed by atoms with Gasteiger partial charge in [-0.05, 0) is 25.2 Å². The van der Waals surface area contributed by atoms with Gasteiger partial charge in [0.2, 0.25) is 0 Å². The van der Waals surface area contributed by atoms with Crippen molar-refractivity contribution in [2.45, 2.75) is 38.8 Å². The van der Waals surface area contributed by atoms with E-state index in [9.17, 15) is 9.59 Å². The van der Waals surface area contributed by atoms with Crippen LogP contribution >= 0.6 is 0 Å². The molecule has 1 aliphatic carbocycles. The van der Waals surface area contributed by atoms with Gasteiger partial charge in [-0.1, -0.05) is 6.92 Å². The fourth-order valence-electron chi connectivity index (χ4n) is 2.54. The fraction of sp³-hybridized carbons (Fsp3) is 0.636. The summed E-state index contributed by atoms with van der Waals surface area (Å²) in [5, 5.41) is 0. The van der Waals surface area contributed by atoms with Crippen LogP contribution in [0.25, 0.3) is 0 Å². The summed E-state index contributed by atoms with van der Waals surface area (Å²) < 4.78 is 3.08. The molecule has 2 bridgehead atoms. The Kier molecular flexibility index (Phi) is 1.56. The summed E-state index contributed by atoms with van der Waals surface area (Å²) in [6, 6.07) is 0.0211. The third kappa shape index (κ3) is 1.07. The van der Waals surface area contributed by atoms with Gasteiger partial charge in [-0.3, -0.25) is 13.9 Å². The van der Waals surface area contributed by atoms with E-state index < -0.39 is 0 Å². The number of hydrogen-bond acceptors (Lipinski definition) is 2. The van der Waals surface area contributed by atoms with Crippen LogP contribution in [0.5, 0.6) is 0 Å². The lowest BCUT2D eigenvalue weighted by molar-refractivity contribution is 0.536. The van der Waals surface area contributed by atoms with Crippen LogP contribution in [0.4, 0.5) is 0 Å². The van der Waals surface area contributed by atoms with Gasteiger partial charge in [-0.25, -0.2) is 4.79 Å². The van der Waals surface area contributed by atoms with Gasteiger partial charge >= 0.3 is 5.69 Å². The summed E-state index contributed by atoms with van der Waals surface area (Å²) in [5.41, 5.74) is 0.631. The molecule has 0 spiro atoms. The predicted molar refractivity (Wildman–Crippen MR) is 56.2 cm³/mol. The fourth-order valence-corrected chi connectivity index (χ4v) is 2.54. The van der Waals surface area contributed by atoms with E-state index >= 15 is 0 Å². The molecule has 2 aliphatic rings. The molecule has 1 aromatic rings. The van der Waals surface area contributed by atoms with Gasteiger partial charge in [-0.15, -0.1) is 0 Å². The zero-order valence-corrected chi connectivity index (χ0v) is 8.93. The minimum absolute atomic E-state index is 0.0211. The number of fused-ring (bicyclic) bond motifs is 2. The Morgan fingerprint density at radius 2 is 2.00 bits per heavy atom. The normalized spacial score (nSPS) is 32.0. The molecule has 15 heavy (non-hydrogen) atoms. The lowest BCUT2D eigenvalue weighted by Gasteiger charge is -2.02. The molecule has 0 radical (unpaired) electrons. The zero-order chi connectivity index (χ0) is 10.7. The molecule has 0 saturated heterocycles. The number of aromatic nitrogens is 2. The summed E-state index contributed by atoms with van der Waals surface area (Å²) in [6.45, 7) is 4.71. The highest BCUT2D eigenvalue weighted by molar-refractivity contribution is 5.21. The molecule has 3 atom stereocenters. The van der Waals surface area contributed by atoms with Crippen molar-refractivity contribution in [3.8, 4) is 0 Å². The van der Waals surface area contributed by atoms with Gasteiger partial charge in [0.15, 0.2) is 0 Å². The minimum atomic E-state index is -0.149. The molecule has 4 nitrogen and oxygen atoms in total. The first-order valence-corrected chi connectivity index (χ1v) is 5.45. The van der Waals surface area contributed by atoms with Gasteiger partial charge in [-0.2, -0.15) is 0 Å². The second kappa shape index (κ2) is 2.62. The molecule has 2 heterocycles. The minimum Gasteiger partial charge on any atom is -0.298 e. The molecule has 4 heteroatoms. The van der Waals surface area contributed by atoms with E-state index in [1.807, 2.05) is 6.92 Å². The van der Waals surface area contributed by atoms with Gasteiger partial charge in [0.05, 0.1) is 6.04 Å². The summed E-state index contributed by atoms with van der Waals surface area (Å²) in [4.78, 5) is 23.7. The van der Waals surface area contributed by atoms with Crippen molar-refractivity contribution in [3.63, 3.8) is 0 Å². The first-order chi connectivity index (χ1) is 7.09. The van der Waals surface area contributed by atoms with Crippen LogP contribution in [0, 0.1) is 5.92 Å². The van der Waals surface area contributed by atoms with Crippen LogP contribution in [0.2, 0.25) is 0 Å². The number of nitrogens with zero attached hydrogens (tertiary/aromatic N) is 2. The highest BCUT2D eigenvalue weighted by atomic mass is 16.2. The maximum Gasteiger partial charge on any atom is 0.331 e. The first-order valence-electron chi connectivity index (χ1n) is 5.45. The smallest absolute Gasteiger partial charge is 0.298 e. The van der Waals surface area contributed by atoms with Crippen molar-refractivity contribution in [1.82, 2.24) is 9.13 Å². The van der Waals surface area contributed by atoms with E-state index in [1.165, 1.54) is 4.57 Å². The molecule has 80 valence electrons. The van der Waals surface area contributed by atoms with Crippen LogP contribution in [0.15, 0.2) is 15.8 Å². The standard InChI is InChI=1S/C11H14N2O2/c1-6-3-8(6)9-5-12-4-7(2)13(10(9)14)11(12)15/h5-8H,3-4H2,1-2H3. The Morgan fingerprint density at radius 3 is 2.60 bits per heavy atom. The second-order valence-electron chi connectivity index (χ2n) is 4.86. The number of hydrogen-bond donors (Lipinski definition) is 0. The zero-order valence-electron chi connectivity index (χ0n) is 8.93. The third-order valence-electron chi connectivity index (χ3n) is 3.62. The molecular weight excluding hydrogens is 192 g/mol. The Morgan fingerprint density at radius 1 is 1.33 bits per heavy atom. The third-order valence-corrected chi connectivity index (χ3v) is 3.62. The lowest BCUT2D eigenvalue weighted by atomic mass is 10.2. The topological polar surface area (TPSA) is 44.0 Å². The van der Waals surface area contributed by atoms with Crippen LogP contribution in [0.1, 0.15) is 37.8 Å². The maximum atomic E-state index is 12.0. The summed E-state index contributed by atoms with van der Waals surface area (Å²) in [5.74, 6) is 0.992. The average Bonchev–Trinajstić information content (AvgIpc) is 2.82. The highest BCUT2D eigenvalue weighted by Crippen LogP contribution is 2.45. The Balaban J connectivity index is 2.25. The van der Waals surface area contributed by atoms with Crippen LogP contribution in [0.3, 0.4) is 0 Å². The van der Waals surface area contributed by atoms with E-state index in [2.05, 4.69) is 6.92 Å². The van der Waals surface area contributed by atoms with Crippen molar-refractivity contribution >= 4 is 0 Å². The highest BCUT2D eigenvalue weighted by Gasteiger charge is 2.38. The quantitative estimate of drug-likeness (QED) is 0.679. The van der Waals surface area contributed by atoms with E-state index in [0.29, 0.717) is 18.4 Å². The van der Waals surface area contributed by atoms with Gasteiger partial charge in [0, 0.05) is 18.3 Å². The van der Waals surface area contributed by atoms with Crippen molar-refractivity contribution in [1.29, 1.82) is 0 Å². The van der Waals surface area contributed by atoms with Crippen molar-refractivity contribution in [2.75, 3.05) is 0 Å².